The molecule has 0 spiro atoms. The molecule has 3 rings (SSSR count). The lowest BCUT2D eigenvalue weighted by Gasteiger charge is -2.04. The van der Waals surface area contributed by atoms with Crippen molar-refractivity contribution in [2.24, 2.45) is 5.73 Å². The molecule has 0 atom stereocenters. The van der Waals surface area contributed by atoms with E-state index >= 15 is 0 Å². The highest BCUT2D eigenvalue weighted by Crippen LogP contribution is 2.24. The molecule has 0 saturated heterocycles. The van der Waals surface area contributed by atoms with Crippen LogP contribution in [0.2, 0.25) is 0 Å². The summed E-state index contributed by atoms with van der Waals surface area (Å²) in [6.07, 6.45) is 3.89. The SMILES string of the molecule is NCc1cccn2c(-c3cccc(Br)c3)ncc12. The molecular formula is C14H12BrN3. The van der Waals surface area contributed by atoms with Gasteiger partial charge in [0.2, 0.25) is 0 Å². The lowest BCUT2D eigenvalue weighted by Crippen LogP contribution is -1.99. The van der Waals surface area contributed by atoms with Gasteiger partial charge in [0.25, 0.3) is 0 Å². The van der Waals surface area contributed by atoms with E-state index < -0.39 is 0 Å². The summed E-state index contributed by atoms with van der Waals surface area (Å²) in [4.78, 5) is 4.50. The van der Waals surface area contributed by atoms with Crippen molar-refractivity contribution in [3.05, 3.63) is 58.8 Å². The van der Waals surface area contributed by atoms with E-state index in [2.05, 4.69) is 37.4 Å². The standard InChI is InChI=1S/C14H12BrN3/c15-12-5-1-3-10(7-12)14-17-9-13-11(8-16)4-2-6-18(13)14/h1-7,9H,8,16H2. The van der Waals surface area contributed by atoms with E-state index in [1.165, 1.54) is 0 Å². The molecule has 4 heteroatoms. The van der Waals surface area contributed by atoms with Gasteiger partial charge >= 0.3 is 0 Å². The molecule has 3 nitrogen and oxygen atoms in total. The maximum Gasteiger partial charge on any atom is 0.144 e. The van der Waals surface area contributed by atoms with E-state index in [1.807, 2.05) is 36.7 Å². The summed E-state index contributed by atoms with van der Waals surface area (Å²) in [6.45, 7) is 0.522. The maximum atomic E-state index is 5.74. The summed E-state index contributed by atoms with van der Waals surface area (Å²) in [7, 11) is 0. The third-order valence-corrected chi connectivity index (χ3v) is 3.45. The number of nitrogens with zero attached hydrogens (tertiary/aromatic N) is 2. The van der Waals surface area contributed by atoms with Gasteiger partial charge in [0, 0.05) is 22.8 Å². The topological polar surface area (TPSA) is 43.3 Å². The van der Waals surface area contributed by atoms with Crippen molar-refractivity contribution < 1.29 is 0 Å². The highest BCUT2D eigenvalue weighted by molar-refractivity contribution is 9.10. The Labute approximate surface area is 113 Å². The van der Waals surface area contributed by atoms with Gasteiger partial charge in [0.05, 0.1) is 11.7 Å². The van der Waals surface area contributed by atoms with Gasteiger partial charge in [-0.25, -0.2) is 4.98 Å². The molecule has 0 fully saturated rings. The summed E-state index contributed by atoms with van der Waals surface area (Å²) in [6, 6.07) is 12.1. The van der Waals surface area contributed by atoms with Crippen LogP contribution in [0.1, 0.15) is 5.56 Å². The second-order valence-corrected chi connectivity index (χ2v) is 5.00. The van der Waals surface area contributed by atoms with Gasteiger partial charge in [-0.3, -0.25) is 4.40 Å². The smallest absolute Gasteiger partial charge is 0.144 e. The van der Waals surface area contributed by atoms with Crippen LogP contribution in [-0.4, -0.2) is 9.38 Å². The van der Waals surface area contributed by atoms with E-state index in [1.54, 1.807) is 0 Å². The fourth-order valence-electron chi connectivity index (χ4n) is 2.09. The van der Waals surface area contributed by atoms with Crippen LogP contribution in [0.15, 0.2) is 53.3 Å². The predicted molar refractivity (Wildman–Crippen MR) is 76.2 cm³/mol. The molecule has 0 aliphatic heterocycles. The van der Waals surface area contributed by atoms with Crippen molar-refractivity contribution in [3.8, 4) is 11.4 Å². The number of nitrogens with two attached hydrogens (primary N) is 1. The monoisotopic (exact) mass is 301 g/mol. The number of hydrogen-bond acceptors (Lipinski definition) is 2. The number of benzene rings is 1. The molecule has 0 aliphatic carbocycles. The average Bonchev–Trinajstić information content (AvgIpc) is 2.82. The second kappa shape index (κ2) is 4.55. The Morgan fingerprint density at radius 3 is 2.89 bits per heavy atom. The Bertz CT molecular complexity index is 703. The summed E-state index contributed by atoms with van der Waals surface area (Å²) < 4.78 is 3.12. The Morgan fingerprint density at radius 1 is 1.22 bits per heavy atom. The molecular weight excluding hydrogens is 290 g/mol. The van der Waals surface area contributed by atoms with Gasteiger partial charge in [-0.05, 0) is 23.8 Å². The van der Waals surface area contributed by atoms with Crippen LogP contribution in [0.25, 0.3) is 16.9 Å². The van der Waals surface area contributed by atoms with E-state index in [0.29, 0.717) is 6.54 Å². The van der Waals surface area contributed by atoms with Crippen LogP contribution in [0.4, 0.5) is 0 Å². The molecule has 0 bridgehead atoms. The van der Waals surface area contributed by atoms with Crippen molar-refractivity contribution in [1.82, 2.24) is 9.38 Å². The number of fused-ring (bicyclic) bond motifs is 1. The Hall–Kier alpha value is -1.65. The van der Waals surface area contributed by atoms with Gasteiger partial charge in [0.1, 0.15) is 5.82 Å². The van der Waals surface area contributed by atoms with Crippen molar-refractivity contribution in [2.45, 2.75) is 6.54 Å². The van der Waals surface area contributed by atoms with Crippen LogP contribution in [0.3, 0.4) is 0 Å². The maximum absolute atomic E-state index is 5.74. The largest absolute Gasteiger partial charge is 0.326 e. The molecule has 0 amide bonds. The van der Waals surface area contributed by atoms with Crippen molar-refractivity contribution in [3.63, 3.8) is 0 Å². The van der Waals surface area contributed by atoms with E-state index in [-0.39, 0.29) is 0 Å². The van der Waals surface area contributed by atoms with Gasteiger partial charge in [-0.15, -0.1) is 0 Å². The molecule has 1 aromatic carbocycles. The third kappa shape index (κ3) is 1.83. The first kappa shape index (κ1) is 11.4. The molecule has 0 unspecified atom stereocenters. The predicted octanol–water partition coefficient (Wildman–Crippen LogP) is 3.22. The lowest BCUT2D eigenvalue weighted by molar-refractivity contribution is 1.05. The third-order valence-electron chi connectivity index (χ3n) is 2.96. The molecule has 18 heavy (non-hydrogen) atoms. The lowest BCUT2D eigenvalue weighted by atomic mass is 10.2. The molecule has 0 saturated carbocycles. The number of rotatable bonds is 2. The summed E-state index contributed by atoms with van der Waals surface area (Å²) >= 11 is 3.48. The summed E-state index contributed by atoms with van der Waals surface area (Å²) in [5.41, 5.74) is 8.99. The number of halogens is 1. The van der Waals surface area contributed by atoms with Crippen LogP contribution >= 0.6 is 15.9 Å². The van der Waals surface area contributed by atoms with Gasteiger partial charge < -0.3 is 5.73 Å². The zero-order chi connectivity index (χ0) is 12.5. The zero-order valence-corrected chi connectivity index (χ0v) is 11.3. The quantitative estimate of drug-likeness (QED) is 0.790. The molecule has 90 valence electrons. The van der Waals surface area contributed by atoms with E-state index in [9.17, 15) is 0 Å². The van der Waals surface area contributed by atoms with Gasteiger partial charge in [-0.2, -0.15) is 0 Å². The zero-order valence-electron chi connectivity index (χ0n) is 9.68. The highest BCUT2D eigenvalue weighted by atomic mass is 79.9. The molecule has 0 aliphatic rings. The second-order valence-electron chi connectivity index (χ2n) is 4.08. The van der Waals surface area contributed by atoms with Crippen LogP contribution in [-0.2, 0) is 6.54 Å². The van der Waals surface area contributed by atoms with Crippen LogP contribution in [0, 0.1) is 0 Å². The molecule has 3 aromatic rings. The van der Waals surface area contributed by atoms with Crippen molar-refractivity contribution in [1.29, 1.82) is 0 Å². The van der Waals surface area contributed by atoms with Crippen molar-refractivity contribution >= 4 is 21.4 Å². The van der Waals surface area contributed by atoms with Gasteiger partial charge in [-0.1, -0.05) is 34.1 Å². The average molecular weight is 302 g/mol. The molecule has 2 aromatic heterocycles. The Kier molecular flexibility index (Phi) is 2.89. The summed E-state index contributed by atoms with van der Waals surface area (Å²) in [5.74, 6) is 0.932. The minimum atomic E-state index is 0.522. The van der Waals surface area contributed by atoms with Crippen molar-refractivity contribution in [2.75, 3.05) is 0 Å². The molecule has 2 heterocycles. The summed E-state index contributed by atoms with van der Waals surface area (Å²) in [5, 5.41) is 0. The van der Waals surface area contributed by atoms with Crippen LogP contribution in [0.5, 0.6) is 0 Å². The number of imidazole rings is 1. The van der Waals surface area contributed by atoms with Crippen LogP contribution < -0.4 is 5.73 Å². The Morgan fingerprint density at radius 2 is 2.11 bits per heavy atom. The first-order chi connectivity index (χ1) is 8.79. The van der Waals surface area contributed by atoms with Gasteiger partial charge in [0.15, 0.2) is 0 Å². The van der Waals surface area contributed by atoms with E-state index in [0.717, 1.165) is 26.9 Å². The highest BCUT2D eigenvalue weighted by Gasteiger charge is 2.08. The number of hydrogen-bond donors (Lipinski definition) is 1. The normalized spacial score (nSPS) is 11.0. The first-order valence-corrected chi connectivity index (χ1v) is 6.50. The fraction of sp³-hybridized carbons (Fsp3) is 0.0714. The molecule has 0 radical (unpaired) electrons. The Balaban J connectivity index is 2.25. The molecule has 2 N–H and O–H groups in total. The minimum Gasteiger partial charge on any atom is -0.326 e. The van der Waals surface area contributed by atoms with E-state index in [4.69, 9.17) is 5.73 Å². The fourth-order valence-corrected chi connectivity index (χ4v) is 2.49. The minimum absolute atomic E-state index is 0.522. The first-order valence-electron chi connectivity index (χ1n) is 5.70. The number of pyridine rings is 1. The number of aromatic nitrogens is 2.